The molecule has 0 saturated heterocycles. The quantitative estimate of drug-likeness (QED) is 0.498. The summed E-state index contributed by atoms with van der Waals surface area (Å²) >= 11 is 0. The zero-order valence-electron chi connectivity index (χ0n) is 12.6. The largest absolute Gasteiger partial charge is 0.411 e. The molecular weight excluding hydrogens is 264 g/mol. The Morgan fingerprint density at radius 1 is 1.14 bits per heavy atom. The van der Waals surface area contributed by atoms with Crippen molar-refractivity contribution in [3.63, 3.8) is 0 Å². The van der Waals surface area contributed by atoms with E-state index in [1.807, 2.05) is 24.3 Å². The number of rotatable bonds is 3. The van der Waals surface area contributed by atoms with Crippen LogP contribution < -0.4 is 5.32 Å². The summed E-state index contributed by atoms with van der Waals surface area (Å²) in [4.78, 5) is 12.5. The average molecular weight is 288 g/mol. The van der Waals surface area contributed by atoms with Crippen molar-refractivity contribution in [2.75, 3.05) is 5.32 Å². The molecule has 4 heteroatoms. The van der Waals surface area contributed by atoms with E-state index in [9.17, 15) is 4.79 Å². The molecule has 0 atom stereocenters. The maximum absolute atomic E-state index is 12.5. The van der Waals surface area contributed by atoms with E-state index in [-0.39, 0.29) is 11.8 Å². The summed E-state index contributed by atoms with van der Waals surface area (Å²) in [7, 11) is 0. The van der Waals surface area contributed by atoms with Gasteiger partial charge in [0.05, 0.1) is 5.71 Å². The molecule has 0 spiro atoms. The highest BCUT2D eigenvalue weighted by molar-refractivity contribution is 6.06. The fourth-order valence-corrected chi connectivity index (χ4v) is 2.91. The van der Waals surface area contributed by atoms with Gasteiger partial charge in [-0.25, -0.2) is 0 Å². The van der Waals surface area contributed by atoms with Crippen LogP contribution in [-0.2, 0) is 4.79 Å². The SMILES string of the molecule is CC(=NO)c1ccccc1NC(=O)C1CCCCCCC1. The molecule has 0 aliphatic heterocycles. The number of anilines is 1. The lowest BCUT2D eigenvalue weighted by atomic mass is 9.90. The van der Waals surface area contributed by atoms with Crippen LogP contribution in [0.2, 0.25) is 0 Å². The van der Waals surface area contributed by atoms with Crippen LogP contribution >= 0.6 is 0 Å². The topological polar surface area (TPSA) is 61.7 Å². The van der Waals surface area contributed by atoms with Crippen LogP contribution in [0.3, 0.4) is 0 Å². The number of carbonyl (C=O) groups is 1. The van der Waals surface area contributed by atoms with Gasteiger partial charge in [0.2, 0.25) is 5.91 Å². The van der Waals surface area contributed by atoms with Gasteiger partial charge in [-0.1, -0.05) is 55.5 Å². The van der Waals surface area contributed by atoms with Crippen LogP contribution in [0.5, 0.6) is 0 Å². The fraction of sp³-hybridized carbons (Fsp3) is 0.529. The smallest absolute Gasteiger partial charge is 0.227 e. The Kier molecular flexibility index (Phi) is 5.78. The maximum Gasteiger partial charge on any atom is 0.227 e. The van der Waals surface area contributed by atoms with Crippen LogP contribution in [0.15, 0.2) is 29.4 Å². The third-order valence-electron chi connectivity index (χ3n) is 4.20. The Balaban J connectivity index is 2.08. The number of benzene rings is 1. The van der Waals surface area contributed by atoms with E-state index in [4.69, 9.17) is 5.21 Å². The molecule has 1 aromatic carbocycles. The molecule has 1 saturated carbocycles. The molecule has 1 amide bonds. The molecule has 114 valence electrons. The van der Waals surface area contributed by atoms with Crippen molar-refractivity contribution in [3.05, 3.63) is 29.8 Å². The van der Waals surface area contributed by atoms with E-state index in [0.717, 1.165) is 36.9 Å². The third-order valence-corrected chi connectivity index (χ3v) is 4.20. The predicted molar refractivity (Wildman–Crippen MR) is 84.9 cm³/mol. The van der Waals surface area contributed by atoms with Gasteiger partial charge in [-0.2, -0.15) is 0 Å². The van der Waals surface area contributed by atoms with Crippen LogP contribution in [0.4, 0.5) is 5.69 Å². The lowest BCUT2D eigenvalue weighted by Crippen LogP contribution is -2.24. The Bertz CT molecular complexity index is 503. The number of amides is 1. The van der Waals surface area contributed by atoms with Crippen molar-refractivity contribution in [2.45, 2.75) is 51.9 Å². The molecule has 1 aliphatic carbocycles. The maximum atomic E-state index is 12.5. The first-order chi connectivity index (χ1) is 10.2. The summed E-state index contributed by atoms with van der Waals surface area (Å²) in [5.74, 6) is 0.194. The second-order valence-corrected chi connectivity index (χ2v) is 5.76. The molecule has 1 aliphatic rings. The Labute approximate surface area is 126 Å². The van der Waals surface area contributed by atoms with Crippen molar-refractivity contribution in [1.82, 2.24) is 0 Å². The average Bonchev–Trinajstić information content (AvgIpc) is 2.46. The highest BCUT2D eigenvalue weighted by Gasteiger charge is 2.20. The fourth-order valence-electron chi connectivity index (χ4n) is 2.91. The Hall–Kier alpha value is -1.84. The summed E-state index contributed by atoms with van der Waals surface area (Å²) in [6.45, 7) is 1.72. The summed E-state index contributed by atoms with van der Waals surface area (Å²) < 4.78 is 0. The van der Waals surface area contributed by atoms with Crippen molar-refractivity contribution >= 4 is 17.3 Å². The van der Waals surface area contributed by atoms with E-state index in [0.29, 0.717) is 5.71 Å². The van der Waals surface area contributed by atoms with E-state index in [1.165, 1.54) is 19.3 Å². The molecule has 4 nitrogen and oxygen atoms in total. The van der Waals surface area contributed by atoms with E-state index < -0.39 is 0 Å². The highest BCUT2D eigenvalue weighted by Crippen LogP contribution is 2.24. The van der Waals surface area contributed by atoms with Gasteiger partial charge in [0, 0.05) is 17.2 Å². The highest BCUT2D eigenvalue weighted by atomic mass is 16.4. The molecule has 1 fully saturated rings. The molecule has 1 aromatic rings. The Morgan fingerprint density at radius 2 is 1.76 bits per heavy atom. The second-order valence-electron chi connectivity index (χ2n) is 5.76. The van der Waals surface area contributed by atoms with Crippen LogP contribution in [0.1, 0.15) is 57.4 Å². The van der Waals surface area contributed by atoms with Crippen LogP contribution in [-0.4, -0.2) is 16.8 Å². The zero-order valence-corrected chi connectivity index (χ0v) is 12.6. The van der Waals surface area contributed by atoms with Crippen molar-refractivity contribution < 1.29 is 10.0 Å². The van der Waals surface area contributed by atoms with E-state index >= 15 is 0 Å². The molecule has 0 radical (unpaired) electrons. The number of nitrogens with one attached hydrogen (secondary N) is 1. The van der Waals surface area contributed by atoms with Crippen molar-refractivity contribution in [3.8, 4) is 0 Å². The second kappa shape index (κ2) is 7.81. The first-order valence-corrected chi connectivity index (χ1v) is 7.81. The number of para-hydroxylation sites is 1. The summed E-state index contributed by atoms with van der Waals surface area (Å²) in [5, 5.41) is 15.2. The van der Waals surface area contributed by atoms with Gasteiger partial charge in [-0.3, -0.25) is 4.79 Å². The van der Waals surface area contributed by atoms with Crippen molar-refractivity contribution in [2.24, 2.45) is 11.1 Å². The summed E-state index contributed by atoms with van der Waals surface area (Å²) in [6.07, 6.45) is 7.98. The predicted octanol–water partition coefficient (Wildman–Crippen LogP) is 4.18. The normalized spacial score (nSPS) is 17.9. The van der Waals surface area contributed by atoms with Gasteiger partial charge in [0.1, 0.15) is 0 Å². The summed E-state index contributed by atoms with van der Waals surface area (Å²) in [5.41, 5.74) is 1.99. The zero-order chi connectivity index (χ0) is 15.1. The van der Waals surface area contributed by atoms with Gasteiger partial charge < -0.3 is 10.5 Å². The Morgan fingerprint density at radius 3 is 2.43 bits per heavy atom. The van der Waals surface area contributed by atoms with E-state index in [2.05, 4.69) is 10.5 Å². The van der Waals surface area contributed by atoms with Gasteiger partial charge in [0.15, 0.2) is 0 Å². The first-order valence-electron chi connectivity index (χ1n) is 7.81. The molecule has 0 heterocycles. The number of hydrogen-bond acceptors (Lipinski definition) is 3. The van der Waals surface area contributed by atoms with Gasteiger partial charge >= 0.3 is 0 Å². The lowest BCUT2D eigenvalue weighted by molar-refractivity contribution is -0.120. The van der Waals surface area contributed by atoms with Gasteiger partial charge in [-0.05, 0) is 25.8 Å². The lowest BCUT2D eigenvalue weighted by Gasteiger charge is -2.20. The molecular formula is C17H24N2O2. The standard InChI is InChI=1S/C17H24N2O2/c1-13(19-21)15-11-7-8-12-16(15)18-17(20)14-9-5-3-2-4-6-10-14/h7-8,11-12,14,21H,2-6,9-10H2,1H3,(H,18,20). The van der Waals surface area contributed by atoms with Crippen molar-refractivity contribution in [1.29, 1.82) is 0 Å². The monoisotopic (exact) mass is 288 g/mol. The molecule has 0 aromatic heterocycles. The number of hydrogen-bond donors (Lipinski definition) is 2. The minimum absolute atomic E-state index is 0.0927. The number of oxime groups is 1. The first kappa shape index (κ1) is 15.5. The molecule has 0 unspecified atom stereocenters. The van der Waals surface area contributed by atoms with Gasteiger partial charge in [-0.15, -0.1) is 0 Å². The van der Waals surface area contributed by atoms with E-state index in [1.54, 1.807) is 6.92 Å². The molecule has 2 N–H and O–H groups in total. The minimum Gasteiger partial charge on any atom is -0.411 e. The molecule has 0 bridgehead atoms. The van der Waals surface area contributed by atoms with Crippen LogP contribution in [0, 0.1) is 5.92 Å². The molecule has 21 heavy (non-hydrogen) atoms. The summed E-state index contributed by atoms with van der Waals surface area (Å²) in [6, 6.07) is 7.45. The number of carbonyl (C=O) groups excluding carboxylic acids is 1. The molecule has 2 rings (SSSR count). The number of nitrogens with zero attached hydrogens (tertiary/aromatic N) is 1. The minimum atomic E-state index is 0.0927. The van der Waals surface area contributed by atoms with Gasteiger partial charge in [0.25, 0.3) is 0 Å². The third kappa shape index (κ3) is 4.31. The van der Waals surface area contributed by atoms with Crippen LogP contribution in [0.25, 0.3) is 0 Å².